The molecule has 7 heteroatoms. The number of aliphatic hydroxyl groups is 1. The molecule has 0 aliphatic carbocycles. The molecule has 0 bridgehead atoms. The van der Waals surface area contributed by atoms with E-state index in [9.17, 15) is 9.59 Å². The lowest BCUT2D eigenvalue weighted by atomic mass is 10.0. The fourth-order valence-electron chi connectivity index (χ4n) is 2.41. The van der Waals surface area contributed by atoms with Crippen LogP contribution in [0.15, 0.2) is 18.2 Å². The van der Waals surface area contributed by atoms with E-state index in [4.69, 9.17) is 14.6 Å². The molecule has 0 fully saturated rings. The third-order valence-electron chi connectivity index (χ3n) is 4.01. The number of aliphatic hydroxyl groups excluding tert-OH is 1. The van der Waals surface area contributed by atoms with Crippen molar-refractivity contribution in [1.29, 1.82) is 0 Å². The van der Waals surface area contributed by atoms with Crippen molar-refractivity contribution in [2.75, 3.05) is 27.4 Å². The highest BCUT2D eigenvalue weighted by Crippen LogP contribution is 2.37. The average Bonchev–Trinajstić information content (AvgIpc) is 3.07. The summed E-state index contributed by atoms with van der Waals surface area (Å²) in [5.41, 5.74) is 0. The molecule has 0 saturated heterocycles. The molecule has 26 heavy (non-hydrogen) atoms. The van der Waals surface area contributed by atoms with E-state index < -0.39 is 11.9 Å². The zero-order valence-corrected chi connectivity index (χ0v) is 16.2. The smallest absolute Gasteiger partial charge is 0.308 e. The van der Waals surface area contributed by atoms with Crippen LogP contribution in [0.1, 0.15) is 29.9 Å². The largest absolute Gasteiger partial charge is 0.493 e. The van der Waals surface area contributed by atoms with Crippen LogP contribution in [0.2, 0.25) is 0 Å². The van der Waals surface area contributed by atoms with Gasteiger partial charge in [0.25, 0.3) is 0 Å². The van der Waals surface area contributed by atoms with Gasteiger partial charge in [0.05, 0.1) is 31.6 Å². The van der Waals surface area contributed by atoms with Gasteiger partial charge >= 0.3 is 5.97 Å². The molecule has 2 unspecified atom stereocenters. The van der Waals surface area contributed by atoms with Crippen molar-refractivity contribution in [1.82, 2.24) is 0 Å². The van der Waals surface area contributed by atoms with Crippen molar-refractivity contribution in [2.45, 2.75) is 20.3 Å². The van der Waals surface area contributed by atoms with Gasteiger partial charge in [-0.05, 0) is 17.5 Å². The lowest BCUT2D eigenvalue weighted by Gasteiger charge is -2.13. The highest BCUT2D eigenvalue weighted by molar-refractivity contribution is 7.20. The standard InChI is InChI=1S/C19H24O6S/c1-11(9-20)10-25-16-6-13-7-18(26-17(13)8-15(16)23-3)14(21)5-12(2)19(22)24-4/h6-8,11-12,20H,5,9-10H2,1-4H3. The molecule has 142 valence electrons. The van der Waals surface area contributed by atoms with Gasteiger partial charge in [0.1, 0.15) is 0 Å². The summed E-state index contributed by atoms with van der Waals surface area (Å²) < 4.78 is 16.7. The van der Waals surface area contributed by atoms with E-state index in [0.717, 1.165) is 10.1 Å². The molecule has 2 rings (SSSR count). The maximum absolute atomic E-state index is 12.5. The highest BCUT2D eigenvalue weighted by Gasteiger charge is 2.20. The van der Waals surface area contributed by atoms with Crippen LogP contribution in [-0.2, 0) is 9.53 Å². The van der Waals surface area contributed by atoms with E-state index in [1.807, 2.05) is 19.1 Å². The lowest BCUT2D eigenvalue weighted by Crippen LogP contribution is -2.16. The second-order valence-corrected chi connectivity index (χ2v) is 7.39. The molecule has 6 nitrogen and oxygen atoms in total. The summed E-state index contributed by atoms with van der Waals surface area (Å²) in [7, 11) is 2.87. The molecule has 2 atom stereocenters. The molecule has 2 aromatic rings. The molecule has 1 aromatic carbocycles. The zero-order chi connectivity index (χ0) is 19.3. The van der Waals surface area contributed by atoms with Gasteiger partial charge in [0.2, 0.25) is 0 Å². The van der Waals surface area contributed by atoms with Crippen LogP contribution in [0.5, 0.6) is 11.5 Å². The van der Waals surface area contributed by atoms with Crippen LogP contribution in [-0.4, -0.2) is 44.3 Å². The van der Waals surface area contributed by atoms with Crippen LogP contribution in [0.25, 0.3) is 10.1 Å². The number of hydrogen-bond donors (Lipinski definition) is 1. The number of ketones is 1. The SMILES string of the molecule is COC(=O)C(C)CC(=O)c1cc2cc(OCC(C)CO)c(OC)cc2s1. The van der Waals surface area contributed by atoms with Gasteiger partial charge in [0.15, 0.2) is 17.3 Å². The average molecular weight is 380 g/mol. The van der Waals surface area contributed by atoms with E-state index in [2.05, 4.69) is 4.74 Å². The maximum atomic E-state index is 12.5. The summed E-state index contributed by atoms with van der Waals surface area (Å²) in [6.45, 7) is 3.97. The number of methoxy groups -OCH3 is 2. The summed E-state index contributed by atoms with van der Waals surface area (Å²) in [6, 6.07) is 5.46. The first-order valence-corrected chi connectivity index (χ1v) is 9.17. The molecular weight excluding hydrogens is 356 g/mol. The molecule has 0 radical (unpaired) electrons. The second kappa shape index (κ2) is 9.00. The topological polar surface area (TPSA) is 82.1 Å². The van der Waals surface area contributed by atoms with Crippen LogP contribution in [0.4, 0.5) is 0 Å². The van der Waals surface area contributed by atoms with Crippen LogP contribution in [0, 0.1) is 11.8 Å². The normalized spacial score (nSPS) is 13.3. The number of Topliss-reactive ketones (excluding diaryl/α,β-unsaturated/α-hetero) is 1. The summed E-state index contributed by atoms with van der Waals surface area (Å²) in [5.74, 6) is 0.182. The van der Waals surface area contributed by atoms with Crippen molar-refractivity contribution >= 4 is 33.2 Å². The van der Waals surface area contributed by atoms with Crippen molar-refractivity contribution in [3.63, 3.8) is 0 Å². The van der Waals surface area contributed by atoms with E-state index in [1.165, 1.54) is 18.4 Å². The van der Waals surface area contributed by atoms with Gasteiger partial charge in [0, 0.05) is 29.7 Å². The molecular formula is C19H24O6S. The first-order chi connectivity index (χ1) is 12.4. The molecule has 0 saturated carbocycles. The van der Waals surface area contributed by atoms with Gasteiger partial charge in [-0.3, -0.25) is 9.59 Å². The van der Waals surface area contributed by atoms with Crippen LogP contribution in [0.3, 0.4) is 0 Å². The third-order valence-corrected chi connectivity index (χ3v) is 5.15. The van der Waals surface area contributed by atoms with Gasteiger partial charge in [-0.1, -0.05) is 13.8 Å². The lowest BCUT2D eigenvalue weighted by molar-refractivity contribution is -0.144. The van der Waals surface area contributed by atoms with Gasteiger partial charge < -0.3 is 19.3 Å². The number of hydrogen-bond acceptors (Lipinski definition) is 7. The molecule has 0 aliphatic heterocycles. The Balaban J connectivity index is 2.24. The number of fused-ring (bicyclic) bond motifs is 1. The van der Waals surface area contributed by atoms with Crippen LogP contribution >= 0.6 is 11.3 Å². The number of benzene rings is 1. The molecule has 0 amide bonds. The molecule has 1 aromatic heterocycles. The van der Waals surface area contributed by atoms with Crippen molar-refractivity contribution < 1.29 is 28.9 Å². The molecule has 1 N–H and O–H groups in total. The second-order valence-electron chi connectivity index (χ2n) is 6.30. The minimum absolute atomic E-state index is 0.00910. The number of thiophene rings is 1. The van der Waals surface area contributed by atoms with E-state index in [-0.39, 0.29) is 24.7 Å². The monoisotopic (exact) mass is 380 g/mol. The van der Waals surface area contributed by atoms with Crippen molar-refractivity contribution in [3.8, 4) is 11.5 Å². The third kappa shape index (κ3) is 4.74. The summed E-state index contributed by atoms with van der Waals surface area (Å²) in [5, 5.41) is 10.00. The Kier molecular flexibility index (Phi) is 6.99. The summed E-state index contributed by atoms with van der Waals surface area (Å²) in [4.78, 5) is 24.5. The summed E-state index contributed by atoms with van der Waals surface area (Å²) >= 11 is 1.36. The van der Waals surface area contributed by atoms with E-state index in [0.29, 0.717) is 23.0 Å². The molecule has 0 spiro atoms. The quantitative estimate of drug-likeness (QED) is 0.531. The van der Waals surface area contributed by atoms with E-state index in [1.54, 1.807) is 20.1 Å². The number of ether oxygens (including phenoxy) is 3. The minimum Gasteiger partial charge on any atom is -0.493 e. The van der Waals surface area contributed by atoms with E-state index >= 15 is 0 Å². The Morgan fingerprint density at radius 2 is 1.88 bits per heavy atom. The predicted octanol–water partition coefficient (Wildman–Crippen LogP) is 3.30. The molecule has 0 aliphatic rings. The maximum Gasteiger partial charge on any atom is 0.308 e. The first-order valence-electron chi connectivity index (χ1n) is 8.35. The number of carbonyl (C=O) groups excluding carboxylic acids is 2. The zero-order valence-electron chi connectivity index (χ0n) is 15.4. The van der Waals surface area contributed by atoms with Gasteiger partial charge in [-0.15, -0.1) is 11.3 Å². The van der Waals surface area contributed by atoms with Gasteiger partial charge in [-0.2, -0.15) is 0 Å². The Bertz CT molecular complexity index is 782. The van der Waals surface area contributed by atoms with Crippen LogP contribution < -0.4 is 9.47 Å². The summed E-state index contributed by atoms with van der Waals surface area (Å²) in [6.07, 6.45) is 0.105. The fourth-order valence-corrected chi connectivity index (χ4v) is 3.43. The predicted molar refractivity (Wildman–Crippen MR) is 100 cm³/mol. The Hall–Kier alpha value is -2.12. The van der Waals surface area contributed by atoms with Crippen molar-refractivity contribution in [2.24, 2.45) is 11.8 Å². The molecule has 1 heterocycles. The minimum atomic E-state index is -0.480. The Morgan fingerprint density at radius 1 is 1.15 bits per heavy atom. The number of carbonyl (C=O) groups is 2. The fraction of sp³-hybridized carbons (Fsp3) is 0.474. The Morgan fingerprint density at radius 3 is 2.50 bits per heavy atom. The Labute approximate surface area is 156 Å². The van der Waals surface area contributed by atoms with Crippen molar-refractivity contribution in [3.05, 3.63) is 23.1 Å². The van der Waals surface area contributed by atoms with Gasteiger partial charge in [-0.25, -0.2) is 0 Å². The first kappa shape index (κ1) is 20.2. The highest BCUT2D eigenvalue weighted by atomic mass is 32.1. The number of esters is 1. The number of rotatable bonds is 9.